The normalized spacial score (nSPS) is 12.4. The predicted octanol–water partition coefficient (Wildman–Crippen LogP) is 6.37. The molecule has 0 unspecified atom stereocenters. The van der Waals surface area contributed by atoms with Crippen LogP contribution in [0.15, 0.2) is 36.4 Å². The highest BCUT2D eigenvalue weighted by Crippen LogP contribution is 2.35. The largest absolute Gasteiger partial charge is 0.493 e. The predicted molar refractivity (Wildman–Crippen MR) is 133 cm³/mol. The number of methoxy groups -OCH3 is 1. The van der Waals surface area contributed by atoms with Crippen LogP contribution < -0.4 is 18.9 Å². The summed E-state index contributed by atoms with van der Waals surface area (Å²) in [7, 11) is 1.61. The molecule has 0 atom stereocenters. The van der Waals surface area contributed by atoms with Crippen LogP contribution in [-0.4, -0.2) is 32.2 Å². The lowest BCUT2D eigenvalue weighted by Gasteiger charge is -2.12. The Morgan fingerprint density at radius 1 is 0.912 bits per heavy atom. The Kier molecular flexibility index (Phi) is 10.6. The molecule has 3 rings (SSSR count). The summed E-state index contributed by atoms with van der Waals surface area (Å²) in [6, 6.07) is 13.5. The van der Waals surface area contributed by atoms with Gasteiger partial charge < -0.3 is 24.1 Å². The van der Waals surface area contributed by atoms with E-state index in [4.69, 9.17) is 24.1 Å². The van der Waals surface area contributed by atoms with Gasteiger partial charge >= 0.3 is 0 Å². The second kappa shape index (κ2) is 14.2. The molecule has 6 nitrogen and oxygen atoms in total. The molecule has 182 valence electrons. The number of hydrogen-bond donors (Lipinski definition) is 1. The molecule has 0 saturated heterocycles. The smallest absolute Gasteiger partial charge is 0.231 e. The quantitative estimate of drug-likeness (QED) is 0.187. The topological polar surface area (TPSA) is 80.9 Å². The number of nitrogens with zero attached hydrogens (tertiary/aromatic N) is 1. The summed E-state index contributed by atoms with van der Waals surface area (Å²) < 4.78 is 22.3. The van der Waals surface area contributed by atoms with E-state index in [1.54, 1.807) is 7.11 Å². The Labute approximate surface area is 202 Å². The van der Waals surface area contributed by atoms with E-state index >= 15 is 0 Å². The number of fused-ring (bicyclic) bond motifs is 1. The van der Waals surface area contributed by atoms with Gasteiger partial charge in [0.05, 0.1) is 25.4 Å². The van der Waals surface area contributed by atoms with Gasteiger partial charge in [-0.05, 0) is 60.4 Å². The second-order valence-corrected chi connectivity index (χ2v) is 8.40. The molecule has 0 saturated carbocycles. The van der Waals surface area contributed by atoms with Crippen molar-refractivity contribution in [2.24, 2.45) is 0 Å². The lowest BCUT2D eigenvalue weighted by atomic mass is 10.0. The summed E-state index contributed by atoms with van der Waals surface area (Å²) in [4.78, 5) is 0. The standard InChI is InChI=1S/C28H35NO5/c1-31-27-19-23(24(20-29)17-22-11-13-26-28(18-22)34-21-33-26)12-14-25(27)32-16-10-8-6-4-2-3-5-7-9-15-30/h11-14,17-19,30H,2-10,15-16,21H2,1H3/b24-17+. The Hall–Kier alpha value is -3.17. The summed E-state index contributed by atoms with van der Waals surface area (Å²) in [6.07, 6.45) is 12.3. The van der Waals surface area contributed by atoms with Crippen LogP contribution in [0.5, 0.6) is 23.0 Å². The fourth-order valence-electron chi connectivity index (χ4n) is 3.94. The highest BCUT2D eigenvalue weighted by molar-refractivity contribution is 5.90. The van der Waals surface area contributed by atoms with Crippen LogP contribution in [0.4, 0.5) is 0 Å². The molecule has 2 aromatic rings. The van der Waals surface area contributed by atoms with Crippen LogP contribution in [0.3, 0.4) is 0 Å². The number of benzene rings is 2. The highest BCUT2D eigenvalue weighted by Gasteiger charge is 2.14. The van der Waals surface area contributed by atoms with Crippen LogP contribution in [0.2, 0.25) is 0 Å². The summed E-state index contributed by atoms with van der Waals surface area (Å²) in [5, 5.41) is 18.5. The van der Waals surface area contributed by atoms with E-state index in [9.17, 15) is 5.26 Å². The molecule has 0 fully saturated rings. The first kappa shape index (κ1) is 25.5. The van der Waals surface area contributed by atoms with Crippen molar-refractivity contribution in [2.75, 3.05) is 27.1 Å². The molecule has 2 aromatic carbocycles. The lowest BCUT2D eigenvalue weighted by molar-refractivity contribution is 0.174. The second-order valence-electron chi connectivity index (χ2n) is 8.40. The van der Waals surface area contributed by atoms with E-state index in [0.29, 0.717) is 41.8 Å². The SMILES string of the molecule is COc1cc(/C(C#N)=C/c2ccc3c(c2)OCO3)ccc1OCCCCCCCCCCCO. The molecule has 34 heavy (non-hydrogen) atoms. The van der Waals surface area contributed by atoms with Crippen molar-refractivity contribution in [3.05, 3.63) is 47.5 Å². The molecule has 0 amide bonds. The third-order valence-corrected chi connectivity index (χ3v) is 5.86. The molecule has 1 heterocycles. The Morgan fingerprint density at radius 3 is 2.32 bits per heavy atom. The van der Waals surface area contributed by atoms with Crippen molar-refractivity contribution in [3.63, 3.8) is 0 Å². The highest BCUT2D eigenvalue weighted by atomic mass is 16.7. The van der Waals surface area contributed by atoms with Crippen molar-refractivity contribution in [3.8, 4) is 29.1 Å². The van der Waals surface area contributed by atoms with E-state index in [1.165, 1.54) is 32.1 Å². The first-order chi connectivity index (χ1) is 16.7. The minimum Gasteiger partial charge on any atom is -0.493 e. The molecule has 0 aromatic heterocycles. The van der Waals surface area contributed by atoms with Crippen molar-refractivity contribution >= 4 is 11.6 Å². The first-order valence-electron chi connectivity index (χ1n) is 12.2. The summed E-state index contributed by atoms with van der Waals surface area (Å²) in [5.74, 6) is 2.71. The maximum atomic E-state index is 9.73. The maximum Gasteiger partial charge on any atom is 0.231 e. The van der Waals surface area contributed by atoms with Crippen molar-refractivity contribution in [2.45, 2.75) is 57.8 Å². The van der Waals surface area contributed by atoms with Crippen molar-refractivity contribution < 1.29 is 24.1 Å². The van der Waals surface area contributed by atoms with Gasteiger partial charge in [-0.2, -0.15) is 5.26 Å². The molecule has 6 heteroatoms. The minimum atomic E-state index is 0.221. The average molecular weight is 466 g/mol. The van der Waals surface area contributed by atoms with Gasteiger partial charge in [-0.3, -0.25) is 0 Å². The van der Waals surface area contributed by atoms with E-state index < -0.39 is 0 Å². The molecule has 0 aliphatic carbocycles. The van der Waals surface area contributed by atoms with Crippen LogP contribution in [0.1, 0.15) is 68.9 Å². The van der Waals surface area contributed by atoms with Crippen LogP contribution >= 0.6 is 0 Å². The molecule has 0 radical (unpaired) electrons. The first-order valence-corrected chi connectivity index (χ1v) is 12.2. The average Bonchev–Trinajstić information content (AvgIpc) is 3.34. The third-order valence-electron chi connectivity index (χ3n) is 5.86. The summed E-state index contributed by atoms with van der Waals surface area (Å²) in [6.45, 7) is 1.17. The number of hydrogen-bond acceptors (Lipinski definition) is 6. The minimum absolute atomic E-state index is 0.221. The number of nitriles is 1. The van der Waals surface area contributed by atoms with Gasteiger partial charge in [-0.15, -0.1) is 0 Å². The number of aliphatic hydroxyl groups is 1. The van der Waals surface area contributed by atoms with E-state index in [1.807, 2.05) is 42.5 Å². The van der Waals surface area contributed by atoms with E-state index in [2.05, 4.69) is 6.07 Å². The number of unbranched alkanes of at least 4 members (excludes halogenated alkanes) is 8. The Balaban J connectivity index is 1.47. The summed E-state index contributed by atoms with van der Waals surface area (Å²) in [5.41, 5.74) is 2.16. The zero-order valence-corrected chi connectivity index (χ0v) is 20.1. The molecular weight excluding hydrogens is 430 g/mol. The molecule has 1 aliphatic heterocycles. The zero-order valence-electron chi connectivity index (χ0n) is 20.1. The maximum absolute atomic E-state index is 9.73. The third kappa shape index (κ3) is 7.71. The number of rotatable bonds is 15. The molecule has 1 N–H and O–H groups in total. The monoisotopic (exact) mass is 465 g/mol. The van der Waals surface area contributed by atoms with Crippen LogP contribution in [-0.2, 0) is 0 Å². The van der Waals surface area contributed by atoms with Gasteiger partial charge in [0.1, 0.15) is 0 Å². The van der Waals surface area contributed by atoms with E-state index in [0.717, 1.165) is 36.8 Å². The Bertz CT molecular complexity index is 979. The fraction of sp³-hybridized carbons (Fsp3) is 0.464. The van der Waals surface area contributed by atoms with Gasteiger partial charge in [0, 0.05) is 6.61 Å². The summed E-state index contributed by atoms with van der Waals surface area (Å²) >= 11 is 0. The Morgan fingerprint density at radius 2 is 1.62 bits per heavy atom. The van der Waals surface area contributed by atoms with Crippen LogP contribution in [0, 0.1) is 11.3 Å². The number of ether oxygens (including phenoxy) is 4. The zero-order chi connectivity index (χ0) is 24.0. The van der Waals surface area contributed by atoms with Crippen LogP contribution in [0.25, 0.3) is 11.6 Å². The molecular formula is C28H35NO5. The number of aliphatic hydroxyl groups excluding tert-OH is 1. The van der Waals surface area contributed by atoms with E-state index in [-0.39, 0.29) is 6.79 Å². The molecule has 1 aliphatic rings. The van der Waals surface area contributed by atoms with Crippen molar-refractivity contribution in [1.82, 2.24) is 0 Å². The molecule has 0 bridgehead atoms. The number of allylic oxidation sites excluding steroid dienone is 1. The fourth-order valence-corrected chi connectivity index (χ4v) is 3.94. The van der Waals surface area contributed by atoms with Gasteiger partial charge in [-0.1, -0.05) is 51.0 Å². The van der Waals surface area contributed by atoms with Gasteiger partial charge in [0.15, 0.2) is 23.0 Å². The van der Waals surface area contributed by atoms with Crippen molar-refractivity contribution in [1.29, 1.82) is 5.26 Å². The van der Waals surface area contributed by atoms with Gasteiger partial charge in [0.2, 0.25) is 6.79 Å². The van der Waals surface area contributed by atoms with Gasteiger partial charge in [0.25, 0.3) is 0 Å². The van der Waals surface area contributed by atoms with Gasteiger partial charge in [-0.25, -0.2) is 0 Å². The molecule has 0 spiro atoms. The lowest BCUT2D eigenvalue weighted by Crippen LogP contribution is -2.00.